The van der Waals surface area contributed by atoms with Crippen LogP contribution in [0.3, 0.4) is 0 Å². The molecule has 0 aromatic heterocycles. The van der Waals surface area contributed by atoms with E-state index in [0.717, 1.165) is 32.5 Å². The number of esters is 1. The number of nitrogens with zero attached hydrogens (tertiary/aromatic N) is 1. The van der Waals surface area contributed by atoms with E-state index in [1.165, 1.54) is 12.8 Å². The van der Waals surface area contributed by atoms with Gasteiger partial charge in [0.15, 0.2) is 0 Å². The van der Waals surface area contributed by atoms with E-state index in [2.05, 4.69) is 11.9 Å². The van der Waals surface area contributed by atoms with Gasteiger partial charge in [0, 0.05) is 13.2 Å². The summed E-state index contributed by atoms with van der Waals surface area (Å²) in [5.74, 6) is -0.0986. The maximum Gasteiger partial charge on any atom is 0.307 e. The maximum absolute atomic E-state index is 11.2. The zero-order valence-electron chi connectivity index (χ0n) is 11.1. The Morgan fingerprint density at radius 2 is 2.29 bits per heavy atom. The molecule has 1 atom stereocenters. The fourth-order valence-corrected chi connectivity index (χ4v) is 2.09. The summed E-state index contributed by atoms with van der Waals surface area (Å²) in [6, 6.07) is 0. The molecule has 1 aliphatic heterocycles. The summed E-state index contributed by atoms with van der Waals surface area (Å²) in [4.78, 5) is 13.3. The average Bonchev–Trinajstić information content (AvgIpc) is 2.80. The minimum atomic E-state index is -0.0986. The summed E-state index contributed by atoms with van der Waals surface area (Å²) in [6.45, 7) is 5.05. The molecule has 0 aliphatic carbocycles. The van der Waals surface area contributed by atoms with Crippen LogP contribution in [-0.4, -0.2) is 50.3 Å². The molecule has 0 N–H and O–H groups in total. The van der Waals surface area contributed by atoms with Crippen LogP contribution in [0.5, 0.6) is 0 Å². The van der Waals surface area contributed by atoms with Crippen molar-refractivity contribution in [3.63, 3.8) is 0 Å². The lowest BCUT2D eigenvalue weighted by Gasteiger charge is -2.17. The highest BCUT2D eigenvalue weighted by atomic mass is 16.5. The van der Waals surface area contributed by atoms with Crippen LogP contribution in [0.25, 0.3) is 0 Å². The quantitative estimate of drug-likeness (QED) is 0.610. The van der Waals surface area contributed by atoms with Crippen molar-refractivity contribution in [1.82, 2.24) is 4.90 Å². The van der Waals surface area contributed by atoms with E-state index < -0.39 is 0 Å². The van der Waals surface area contributed by atoms with Gasteiger partial charge >= 0.3 is 5.97 Å². The Bertz CT molecular complexity index is 215. The number of hydrogen-bond donors (Lipinski definition) is 0. The molecule has 100 valence electrons. The van der Waals surface area contributed by atoms with Crippen molar-refractivity contribution in [3.05, 3.63) is 0 Å². The molecule has 0 amide bonds. The van der Waals surface area contributed by atoms with Gasteiger partial charge in [0.2, 0.25) is 0 Å². The molecule has 4 heteroatoms. The highest BCUT2D eigenvalue weighted by molar-refractivity contribution is 5.69. The zero-order chi connectivity index (χ0) is 12.5. The Hall–Kier alpha value is -0.610. The van der Waals surface area contributed by atoms with E-state index in [4.69, 9.17) is 9.47 Å². The third kappa shape index (κ3) is 6.64. The molecular weight excluding hydrogens is 218 g/mol. The predicted octanol–water partition coefficient (Wildman–Crippen LogP) is 1.83. The van der Waals surface area contributed by atoms with Crippen LogP contribution in [0.2, 0.25) is 0 Å². The number of ether oxygens (including phenoxy) is 2. The van der Waals surface area contributed by atoms with Crippen LogP contribution >= 0.6 is 0 Å². The summed E-state index contributed by atoms with van der Waals surface area (Å²) in [5, 5.41) is 0. The summed E-state index contributed by atoms with van der Waals surface area (Å²) in [6.07, 6.45) is 5.68. The van der Waals surface area contributed by atoms with Gasteiger partial charge in [0.25, 0.3) is 0 Å². The molecule has 17 heavy (non-hydrogen) atoms. The van der Waals surface area contributed by atoms with Crippen molar-refractivity contribution in [3.8, 4) is 0 Å². The second kappa shape index (κ2) is 8.48. The molecule has 0 saturated carbocycles. The lowest BCUT2D eigenvalue weighted by atomic mass is 10.1. The lowest BCUT2D eigenvalue weighted by molar-refractivity contribution is -0.143. The number of hydrogen-bond acceptors (Lipinski definition) is 4. The Labute approximate surface area is 104 Å². The van der Waals surface area contributed by atoms with Gasteiger partial charge in [0.1, 0.15) is 0 Å². The Morgan fingerprint density at radius 3 is 2.94 bits per heavy atom. The van der Waals surface area contributed by atoms with Crippen LogP contribution in [0.4, 0.5) is 0 Å². The Kier molecular flexibility index (Phi) is 7.21. The standard InChI is InChI=1S/C13H25NO3/c1-3-16-13(15)8-10-14(2)9-4-6-12-7-5-11-17-12/h12H,3-11H2,1-2H3. The second-order valence-corrected chi connectivity index (χ2v) is 4.64. The molecule has 0 aromatic rings. The smallest absolute Gasteiger partial charge is 0.307 e. The molecule has 0 spiro atoms. The van der Waals surface area contributed by atoms with Gasteiger partial charge in [-0.15, -0.1) is 0 Å². The van der Waals surface area contributed by atoms with Gasteiger partial charge in [-0.2, -0.15) is 0 Å². The summed E-state index contributed by atoms with van der Waals surface area (Å²) < 4.78 is 10.5. The first-order valence-corrected chi connectivity index (χ1v) is 6.68. The van der Waals surface area contributed by atoms with Gasteiger partial charge in [-0.1, -0.05) is 0 Å². The number of rotatable bonds is 8. The highest BCUT2D eigenvalue weighted by Crippen LogP contribution is 2.16. The van der Waals surface area contributed by atoms with E-state index in [-0.39, 0.29) is 5.97 Å². The first kappa shape index (κ1) is 14.5. The molecule has 1 heterocycles. The van der Waals surface area contributed by atoms with Crippen LogP contribution < -0.4 is 0 Å². The fourth-order valence-electron chi connectivity index (χ4n) is 2.09. The molecule has 0 aromatic carbocycles. The van der Waals surface area contributed by atoms with Crippen LogP contribution in [0.15, 0.2) is 0 Å². The molecule has 1 rings (SSSR count). The van der Waals surface area contributed by atoms with Gasteiger partial charge in [0.05, 0.1) is 19.1 Å². The molecule has 1 saturated heterocycles. The topological polar surface area (TPSA) is 38.8 Å². The third-order valence-corrected chi connectivity index (χ3v) is 3.09. The monoisotopic (exact) mass is 243 g/mol. The molecule has 1 unspecified atom stereocenters. The van der Waals surface area contributed by atoms with Crippen molar-refractivity contribution in [2.24, 2.45) is 0 Å². The van der Waals surface area contributed by atoms with Crippen molar-refractivity contribution >= 4 is 5.97 Å². The first-order valence-electron chi connectivity index (χ1n) is 6.68. The molecule has 0 radical (unpaired) electrons. The largest absolute Gasteiger partial charge is 0.466 e. The van der Waals surface area contributed by atoms with Crippen molar-refractivity contribution in [2.75, 3.05) is 33.4 Å². The third-order valence-electron chi connectivity index (χ3n) is 3.09. The molecule has 4 nitrogen and oxygen atoms in total. The van der Waals surface area contributed by atoms with Crippen molar-refractivity contribution < 1.29 is 14.3 Å². The minimum Gasteiger partial charge on any atom is -0.466 e. The van der Waals surface area contributed by atoms with Crippen LogP contribution in [0, 0.1) is 0 Å². The number of carbonyl (C=O) groups is 1. The van der Waals surface area contributed by atoms with E-state index in [1.54, 1.807) is 0 Å². The van der Waals surface area contributed by atoms with Crippen LogP contribution in [0.1, 0.15) is 39.0 Å². The normalized spacial score (nSPS) is 19.8. The van der Waals surface area contributed by atoms with Gasteiger partial charge in [-0.05, 0) is 46.2 Å². The Balaban J connectivity index is 1.96. The molecule has 1 fully saturated rings. The lowest BCUT2D eigenvalue weighted by Crippen LogP contribution is -2.24. The molecule has 0 bridgehead atoms. The van der Waals surface area contributed by atoms with Gasteiger partial charge < -0.3 is 14.4 Å². The first-order chi connectivity index (χ1) is 8.22. The highest BCUT2D eigenvalue weighted by Gasteiger charge is 2.15. The molecular formula is C13H25NO3. The summed E-state index contributed by atoms with van der Waals surface area (Å²) >= 11 is 0. The van der Waals surface area contributed by atoms with Gasteiger partial charge in [-0.25, -0.2) is 0 Å². The minimum absolute atomic E-state index is 0.0986. The van der Waals surface area contributed by atoms with E-state index in [9.17, 15) is 4.79 Å². The van der Waals surface area contributed by atoms with Crippen LogP contribution in [-0.2, 0) is 14.3 Å². The predicted molar refractivity (Wildman–Crippen MR) is 67.0 cm³/mol. The van der Waals surface area contributed by atoms with E-state index in [0.29, 0.717) is 19.1 Å². The summed E-state index contributed by atoms with van der Waals surface area (Å²) in [7, 11) is 2.05. The second-order valence-electron chi connectivity index (χ2n) is 4.64. The van der Waals surface area contributed by atoms with E-state index >= 15 is 0 Å². The number of carbonyl (C=O) groups excluding carboxylic acids is 1. The summed E-state index contributed by atoms with van der Waals surface area (Å²) in [5.41, 5.74) is 0. The Morgan fingerprint density at radius 1 is 1.47 bits per heavy atom. The maximum atomic E-state index is 11.2. The van der Waals surface area contributed by atoms with Gasteiger partial charge in [-0.3, -0.25) is 4.79 Å². The van der Waals surface area contributed by atoms with E-state index in [1.807, 2.05) is 6.92 Å². The fraction of sp³-hybridized carbons (Fsp3) is 0.923. The molecule has 1 aliphatic rings. The van der Waals surface area contributed by atoms with Crippen molar-refractivity contribution in [1.29, 1.82) is 0 Å². The van der Waals surface area contributed by atoms with Crippen molar-refractivity contribution in [2.45, 2.75) is 45.1 Å². The zero-order valence-corrected chi connectivity index (χ0v) is 11.1. The SMILES string of the molecule is CCOC(=O)CCN(C)CCCC1CCCO1. The average molecular weight is 243 g/mol.